The number of hydrogen-bond acceptors (Lipinski definition) is 10. The second-order valence-electron chi connectivity index (χ2n) is 16.1. The van der Waals surface area contributed by atoms with E-state index >= 15 is 0 Å². The molecule has 2 fully saturated rings. The minimum atomic E-state index is -0.963. The van der Waals surface area contributed by atoms with Gasteiger partial charge < -0.3 is 43.4 Å². The Morgan fingerprint density at radius 1 is 0.477 bits per heavy atom. The molecule has 0 aromatic heterocycles. The van der Waals surface area contributed by atoms with Crippen LogP contribution in [0.1, 0.15) is 34.7 Å². The van der Waals surface area contributed by atoms with Gasteiger partial charge >= 0.3 is 0 Å². The van der Waals surface area contributed by atoms with Gasteiger partial charge in [-0.05, 0) is 39.9 Å². The first-order valence-electron chi connectivity index (χ1n) is 22.1. The molecule has 6 aromatic carbocycles. The average Bonchev–Trinajstić information content (AvgIpc) is 3.35. The van der Waals surface area contributed by atoms with Crippen LogP contribution in [-0.2, 0) is 66.2 Å². The first-order chi connectivity index (χ1) is 31.9. The summed E-state index contributed by atoms with van der Waals surface area (Å²) < 4.78 is 43.4. The monoisotopic (exact) mass is 918 g/mol. The smallest absolute Gasteiger partial charge is 0.137 e. The van der Waals surface area contributed by atoms with Crippen LogP contribution in [0.5, 0.6) is 0 Å². The van der Waals surface area contributed by atoms with Crippen LogP contribution in [0.2, 0.25) is 0 Å². The number of alkyl halides is 1. The van der Waals surface area contributed by atoms with Gasteiger partial charge in [-0.2, -0.15) is 0 Å². The molecule has 10 atom stereocenters. The van der Waals surface area contributed by atoms with Crippen molar-refractivity contribution in [3.05, 3.63) is 210 Å². The highest BCUT2D eigenvalue weighted by atomic mass is 35.5. The zero-order chi connectivity index (χ0) is 45.1. The molecule has 0 bridgehead atoms. The number of ether oxygens (including phenoxy) is 7. The lowest BCUT2D eigenvalue weighted by molar-refractivity contribution is -0.237. The fourth-order valence-electron chi connectivity index (χ4n) is 7.70. The molecule has 2 aliphatic heterocycles. The molecule has 0 saturated carbocycles. The SMILES string of the molecule is CC1[C@@H](Cl)OC(COCc2ccccc2)[C@@H](OCc2ccccc2)[C@H]1OCc1ccccc1.OCC1O[C@H](Sc2ccccc2)C(OCc2ccccc2)[C@@H](O)[C@@H]1OCc1ccccc1. The first-order valence-corrected chi connectivity index (χ1v) is 23.5. The summed E-state index contributed by atoms with van der Waals surface area (Å²) in [5.41, 5.74) is 4.35. The van der Waals surface area contributed by atoms with Crippen LogP contribution in [0.25, 0.3) is 0 Å². The van der Waals surface area contributed by atoms with E-state index in [0.717, 1.165) is 32.7 Å². The van der Waals surface area contributed by atoms with Crippen molar-refractivity contribution in [2.45, 2.75) is 98.6 Å². The Bertz CT molecular complexity index is 2180. The number of thioether (sulfide) groups is 1. The van der Waals surface area contributed by atoms with E-state index in [1.807, 2.05) is 165 Å². The molecule has 0 radical (unpaired) electrons. The lowest BCUT2D eigenvalue weighted by Gasteiger charge is -2.43. The summed E-state index contributed by atoms with van der Waals surface area (Å²) in [4.78, 5) is 0.998. The average molecular weight is 920 g/mol. The molecule has 0 spiro atoms. The Balaban J connectivity index is 0.000000194. The third-order valence-corrected chi connectivity index (χ3v) is 12.9. The number of aliphatic hydroxyl groups excluding tert-OH is 2. The maximum absolute atomic E-state index is 11.3. The van der Waals surface area contributed by atoms with Crippen LogP contribution in [0, 0.1) is 5.92 Å². The van der Waals surface area contributed by atoms with E-state index < -0.39 is 35.4 Å². The standard InChI is InChI=1S/C28H31ClO4.C26H28O5S/c1-21-26(31-18-23-13-7-3-8-14-23)27(32-19-24-15-9-4-10-16-24)25(33-28(21)29)20-30-17-22-11-5-2-6-12-22;27-16-22-24(29-17-19-10-4-1-5-11-19)23(28)25(30-18-20-12-6-2-7-13-20)26(31-22)32-21-14-8-3-9-15-21/h2-16,21,25-28H,17-20H2,1H3;1-15,22-28H,16-18H2/t21?,25?,26-,27+,28-;22?,23-,24+,25?,26+/m00/s1. The molecule has 8 rings (SSSR count). The lowest BCUT2D eigenvalue weighted by Crippen LogP contribution is -2.59. The Morgan fingerprint density at radius 3 is 1.31 bits per heavy atom. The molecule has 0 amide bonds. The van der Waals surface area contributed by atoms with Crippen LogP contribution < -0.4 is 0 Å². The maximum atomic E-state index is 11.3. The van der Waals surface area contributed by atoms with Gasteiger partial charge in [0.25, 0.3) is 0 Å². The molecule has 65 heavy (non-hydrogen) atoms. The number of halogens is 1. The summed E-state index contributed by atoms with van der Waals surface area (Å²) >= 11 is 8.08. The van der Waals surface area contributed by atoms with E-state index in [1.54, 1.807) is 0 Å². The molecule has 2 N–H and O–H groups in total. The normalized spacial score (nSPS) is 25.3. The van der Waals surface area contributed by atoms with Crippen LogP contribution in [0.4, 0.5) is 0 Å². The number of hydrogen-bond donors (Lipinski definition) is 2. The van der Waals surface area contributed by atoms with Crippen LogP contribution in [0.3, 0.4) is 0 Å². The second kappa shape index (κ2) is 26.1. The van der Waals surface area contributed by atoms with Gasteiger partial charge in [0.1, 0.15) is 47.6 Å². The van der Waals surface area contributed by atoms with Gasteiger partial charge in [0.05, 0.1) is 52.4 Å². The van der Waals surface area contributed by atoms with E-state index in [9.17, 15) is 10.2 Å². The molecule has 0 aliphatic carbocycles. The van der Waals surface area contributed by atoms with Crippen molar-refractivity contribution < 1.29 is 43.4 Å². The van der Waals surface area contributed by atoms with Gasteiger partial charge in [0, 0.05) is 10.8 Å². The van der Waals surface area contributed by atoms with E-state index in [1.165, 1.54) is 11.8 Å². The highest BCUT2D eigenvalue weighted by molar-refractivity contribution is 7.99. The number of benzene rings is 6. The Morgan fingerprint density at radius 2 is 0.862 bits per heavy atom. The summed E-state index contributed by atoms with van der Waals surface area (Å²) in [5, 5.41) is 21.3. The highest BCUT2D eigenvalue weighted by Gasteiger charge is 2.47. The Labute approximate surface area is 392 Å². The third-order valence-electron chi connectivity index (χ3n) is 11.3. The topological polar surface area (TPSA) is 105 Å². The molecule has 2 heterocycles. The first kappa shape index (κ1) is 48.5. The maximum Gasteiger partial charge on any atom is 0.137 e. The zero-order valence-electron chi connectivity index (χ0n) is 36.6. The van der Waals surface area contributed by atoms with Gasteiger partial charge in [-0.3, -0.25) is 0 Å². The van der Waals surface area contributed by atoms with Gasteiger partial charge in [0.2, 0.25) is 0 Å². The van der Waals surface area contributed by atoms with E-state index in [4.69, 9.17) is 44.8 Å². The van der Waals surface area contributed by atoms with Gasteiger partial charge in [0.15, 0.2) is 0 Å². The van der Waals surface area contributed by atoms with Crippen molar-refractivity contribution in [3.8, 4) is 0 Å². The van der Waals surface area contributed by atoms with Crippen molar-refractivity contribution in [3.63, 3.8) is 0 Å². The van der Waals surface area contributed by atoms with E-state index in [0.29, 0.717) is 39.6 Å². The predicted molar refractivity (Wildman–Crippen MR) is 254 cm³/mol. The lowest BCUT2D eigenvalue weighted by atomic mass is 9.93. The van der Waals surface area contributed by atoms with Crippen LogP contribution >= 0.6 is 23.4 Å². The van der Waals surface area contributed by atoms with Gasteiger partial charge in [-0.1, -0.05) is 200 Å². The molecule has 2 saturated heterocycles. The van der Waals surface area contributed by atoms with Crippen molar-refractivity contribution >= 4 is 23.4 Å². The number of rotatable bonds is 19. The van der Waals surface area contributed by atoms with Crippen molar-refractivity contribution in [1.29, 1.82) is 0 Å². The largest absolute Gasteiger partial charge is 0.394 e. The molecular weight excluding hydrogens is 860 g/mol. The van der Waals surface area contributed by atoms with Gasteiger partial charge in [-0.25, -0.2) is 0 Å². The van der Waals surface area contributed by atoms with Crippen LogP contribution in [-0.4, -0.2) is 77.2 Å². The van der Waals surface area contributed by atoms with Crippen molar-refractivity contribution in [2.75, 3.05) is 13.2 Å². The molecule has 4 unspecified atom stereocenters. The third kappa shape index (κ3) is 14.8. The quantitative estimate of drug-likeness (QED) is 0.0764. The zero-order valence-corrected chi connectivity index (χ0v) is 38.2. The minimum Gasteiger partial charge on any atom is -0.394 e. The fraction of sp³-hybridized carbons (Fsp3) is 0.333. The molecule has 2 aliphatic rings. The summed E-state index contributed by atoms with van der Waals surface area (Å²) in [5.74, 6) is -0.0403. The summed E-state index contributed by atoms with van der Waals surface area (Å²) in [6, 6.07) is 59.8. The van der Waals surface area contributed by atoms with E-state index in [2.05, 4.69) is 24.3 Å². The fourth-order valence-corrected chi connectivity index (χ4v) is 9.13. The predicted octanol–water partition coefficient (Wildman–Crippen LogP) is 10.0. The summed E-state index contributed by atoms with van der Waals surface area (Å²) in [6.07, 6.45) is -3.85. The minimum absolute atomic E-state index is 0.0403. The van der Waals surface area contributed by atoms with Crippen molar-refractivity contribution in [2.24, 2.45) is 5.92 Å². The molecule has 6 aromatic rings. The number of aliphatic hydroxyl groups is 2. The van der Waals surface area contributed by atoms with Crippen LogP contribution in [0.15, 0.2) is 187 Å². The molecule has 9 nitrogen and oxygen atoms in total. The van der Waals surface area contributed by atoms with Crippen molar-refractivity contribution in [1.82, 2.24) is 0 Å². The summed E-state index contributed by atoms with van der Waals surface area (Å²) in [7, 11) is 0. The second-order valence-corrected chi connectivity index (χ2v) is 17.7. The Kier molecular flexibility index (Phi) is 19.5. The highest BCUT2D eigenvalue weighted by Crippen LogP contribution is 2.37. The molecule has 11 heteroatoms. The Hall–Kier alpha value is -4.40. The molecule has 342 valence electrons. The summed E-state index contributed by atoms with van der Waals surface area (Å²) in [6.45, 7) is 4.27. The van der Waals surface area contributed by atoms with E-state index in [-0.39, 0.29) is 30.8 Å². The van der Waals surface area contributed by atoms with Gasteiger partial charge in [-0.15, -0.1) is 0 Å². The molecular formula is C54H59ClO9S.